The molecular formula is C17H11F3N2O2. The van der Waals surface area contributed by atoms with Gasteiger partial charge in [0.2, 0.25) is 0 Å². The van der Waals surface area contributed by atoms with Crippen molar-refractivity contribution in [2.75, 3.05) is 5.32 Å². The van der Waals surface area contributed by atoms with E-state index < -0.39 is 17.6 Å². The highest BCUT2D eigenvalue weighted by atomic mass is 19.4. The van der Waals surface area contributed by atoms with Crippen molar-refractivity contribution in [3.05, 3.63) is 76.2 Å². The molecule has 4 nitrogen and oxygen atoms in total. The molecule has 0 atom stereocenters. The minimum absolute atomic E-state index is 0.0878. The SMILES string of the molecule is O=C(Nc1cccc2c(=O)[nH]ccc12)c1ccc(C(F)(F)F)cc1. The van der Waals surface area contributed by atoms with Crippen LogP contribution in [0.5, 0.6) is 0 Å². The maximum Gasteiger partial charge on any atom is 0.416 e. The second-order valence-corrected chi connectivity index (χ2v) is 5.10. The molecule has 2 aromatic carbocycles. The van der Waals surface area contributed by atoms with Gasteiger partial charge in [0.15, 0.2) is 0 Å². The third-order valence-corrected chi connectivity index (χ3v) is 3.54. The maximum absolute atomic E-state index is 12.5. The Bertz CT molecular complexity index is 960. The van der Waals surface area contributed by atoms with Crippen molar-refractivity contribution in [2.45, 2.75) is 6.18 Å². The molecule has 122 valence electrons. The van der Waals surface area contributed by atoms with Gasteiger partial charge in [0.25, 0.3) is 11.5 Å². The highest BCUT2D eigenvalue weighted by molar-refractivity contribution is 6.09. The van der Waals surface area contributed by atoms with Gasteiger partial charge in [-0.2, -0.15) is 13.2 Å². The van der Waals surface area contributed by atoms with Crippen molar-refractivity contribution in [1.82, 2.24) is 4.98 Å². The summed E-state index contributed by atoms with van der Waals surface area (Å²) in [5.41, 5.74) is -0.623. The summed E-state index contributed by atoms with van der Waals surface area (Å²) in [6.07, 6.45) is -3.00. The fraction of sp³-hybridized carbons (Fsp3) is 0.0588. The topological polar surface area (TPSA) is 62.0 Å². The smallest absolute Gasteiger partial charge is 0.329 e. The lowest BCUT2D eigenvalue weighted by Crippen LogP contribution is -2.14. The summed E-state index contributed by atoms with van der Waals surface area (Å²) >= 11 is 0. The Morgan fingerprint density at radius 3 is 2.33 bits per heavy atom. The van der Waals surface area contributed by atoms with Crippen molar-refractivity contribution in [2.24, 2.45) is 0 Å². The van der Waals surface area contributed by atoms with E-state index in [0.717, 1.165) is 24.3 Å². The van der Waals surface area contributed by atoms with E-state index in [9.17, 15) is 22.8 Å². The van der Waals surface area contributed by atoms with Crippen LogP contribution in [-0.2, 0) is 6.18 Å². The number of H-pyrrole nitrogens is 1. The lowest BCUT2D eigenvalue weighted by Gasteiger charge is -2.10. The lowest BCUT2D eigenvalue weighted by molar-refractivity contribution is -0.137. The number of amides is 1. The van der Waals surface area contributed by atoms with Crippen LogP contribution in [0.4, 0.5) is 18.9 Å². The van der Waals surface area contributed by atoms with Gasteiger partial charge in [0, 0.05) is 28.2 Å². The number of benzene rings is 2. The van der Waals surface area contributed by atoms with Gasteiger partial charge in [-0.15, -0.1) is 0 Å². The molecule has 0 fully saturated rings. The predicted octanol–water partition coefficient (Wildman–Crippen LogP) is 3.80. The van der Waals surface area contributed by atoms with Crippen molar-refractivity contribution >= 4 is 22.4 Å². The average Bonchev–Trinajstić information content (AvgIpc) is 2.55. The molecule has 0 aliphatic heterocycles. The number of aromatic amines is 1. The summed E-state index contributed by atoms with van der Waals surface area (Å²) in [4.78, 5) is 26.5. The van der Waals surface area contributed by atoms with Crippen LogP contribution in [0.15, 0.2) is 59.5 Å². The molecule has 1 heterocycles. The Morgan fingerprint density at radius 1 is 0.958 bits per heavy atom. The largest absolute Gasteiger partial charge is 0.416 e. The zero-order valence-electron chi connectivity index (χ0n) is 12.1. The van der Waals surface area contributed by atoms with Gasteiger partial charge in [-0.3, -0.25) is 9.59 Å². The molecule has 0 spiro atoms. The Balaban J connectivity index is 1.91. The third-order valence-electron chi connectivity index (χ3n) is 3.54. The van der Waals surface area contributed by atoms with Crippen LogP contribution < -0.4 is 10.9 Å². The van der Waals surface area contributed by atoms with Gasteiger partial charge < -0.3 is 10.3 Å². The molecule has 1 amide bonds. The number of halogens is 3. The molecule has 0 aliphatic rings. The number of fused-ring (bicyclic) bond motifs is 1. The molecule has 0 unspecified atom stereocenters. The molecule has 3 rings (SSSR count). The highest BCUT2D eigenvalue weighted by Crippen LogP contribution is 2.29. The molecule has 1 aromatic heterocycles. The second kappa shape index (κ2) is 5.84. The molecule has 2 N–H and O–H groups in total. The summed E-state index contributed by atoms with van der Waals surface area (Å²) in [7, 11) is 0. The summed E-state index contributed by atoms with van der Waals surface area (Å²) < 4.78 is 37.6. The van der Waals surface area contributed by atoms with E-state index in [0.29, 0.717) is 16.5 Å². The van der Waals surface area contributed by atoms with E-state index in [2.05, 4.69) is 10.3 Å². The number of carbonyl (C=O) groups excluding carboxylic acids is 1. The zero-order chi connectivity index (χ0) is 17.3. The number of rotatable bonds is 2. The fourth-order valence-electron chi connectivity index (χ4n) is 2.34. The van der Waals surface area contributed by atoms with Gasteiger partial charge >= 0.3 is 6.18 Å². The molecule has 7 heteroatoms. The number of carbonyl (C=O) groups is 1. The Hall–Kier alpha value is -3.09. The van der Waals surface area contributed by atoms with E-state index in [4.69, 9.17) is 0 Å². The second-order valence-electron chi connectivity index (χ2n) is 5.10. The molecule has 0 saturated heterocycles. The van der Waals surface area contributed by atoms with Gasteiger partial charge in [0.05, 0.1) is 5.56 Å². The number of aromatic nitrogens is 1. The van der Waals surface area contributed by atoms with Crippen molar-refractivity contribution in [1.29, 1.82) is 0 Å². The summed E-state index contributed by atoms with van der Waals surface area (Å²) in [6, 6.07) is 10.4. The molecule has 0 aliphatic carbocycles. The monoisotopic (exact) mass is 332 g/mol. The number of alkyl halides is 3. The van der Waals surface area contributed by atoms with Crippen molar-refractivity contribution in [3.8, 4) is 0 Å². The van der Waals surface area contributed by atoms with Crippen LogP contribution in [0.2, 0.25) is 0 Å². The van der Waals surface area contributed by atoms with E-state index in [-0.39, 0.29) is 11.1 Å². The van der Waals surface area contributed by atoms with Crippen LogP contribution in [0.1, 0.15) is 15.9 Å². The van der Waals surface area contributed by atoms with Gasteiger partial charge in [-0.25, -0.2) is 0 Å². The Labute approximate surface area is 133 Å². The van der Waals surface area contributed by atoms with Crippen LogP contribution in [0, 0.1) is 0 Å². The van der Waals surface area contributed by atoms with E-state index >= 15 is 0 Å². The maximum atomic E-state index is 12.5. The third kappa shape index (κ3) is 3.01. The minimum atomic E-state index is -4.45. The van der Waals surface area contributed by atoms with Crippen molar-refractivity contribution < 1.29 is 18.0 Å². The molecule has 0 bridgehead atoms. The molecule has 3 aromatic rings. The first-order valence-corrected chi connectivity index (χ1v) is 6.95. The summed E-state index contributed by atoms with van der Waals surface area (Å²) in [5, 5.41) is 3.56. The van der Waals surface area contributed by atoms with E-state index in [1.165, 1.54) is 6.20 Å². The zero-order valence-corrected chi connectivity index (χ0v) is 12.1. The van der Waals surface area contributed by atoms with Crippen LogP contribution in [-0.4, -0.2) is 10.9 Å². The Kier molecular flexibility index (Phi) is 3.84. The van der Waals surface area contributed by atoms with Gasteiger partial charge in [-0.05, 0) is 42.5 Å². The Morgan fingerprint density at radius 2 is 1.67 bits per heavy atom. The van der Waals surface area contributed by atoms with Gasteiger partial charge in [0.1, 0.15) is 0 Å². The van der Waals surface area contributed by atoms with E-state index in [1.54, 1.807) is 24.3 Å². The normalized spacial score (nSPS) is 11.5. The molecule has 0 saturated carbocycles. The first-order valence-electron chi connectivity index (χ1n) is 6.95. The lowest BCUT2D eigenvalue weighted by atomic mass is 10.1. The molecule has 24 heavy (non-hydrogen) atoms. The summed E-state index contributed by atoms with van der Waals surface area (Å²) in [6.45, 7) is 0. The number of anilines is 1. The average molecular weight is 332 g/mol. The highest BCUT2D eigenvalue weighted by Gasteiger charge is 2.30. The first kappa shape index (κ1) is 15.8. The molecular weight excluding hydrogens is 321 g/mol. The number of hydrogen-bond acceptors (Lipinski definition) is 2. The number of nitrogens with one attached hydrogen (secondary N) is 2. The minimum Gasteiger partial charge on any atom is -0.329 e. The fourth-order valence-corrected chi connectivity index (χ4v) is 2.34. The first-order chi connectivity index (χ1) is 11.4. The van der Waals surface area contributed by atoms with Crippen LogP contribution >= 0.6 is 0 Å². The predicted molar refractivity (Wildman–Crippen MR) is 84.0 cm³/mol. The summed E-state index contributed by atoms with van der Waals surface area (Å²) in [5.74, 6) is -0.559. The van der Waals surface area contributed by atoms with Crippen LogP contribution in [0.25, 0.3) is 10.8 Å². The standard InChI is InChI=1S/C17H11F3N2O2/c18-17(19,20)11-6-4-10(5-7-11)15(23)22-14-3-1-2-13-12(14)8-9-21-16(13)24/h1-9H,(H,21,24)(H,22,23). The number of hydrogen-bond donors (Lipinski definition) is 2. The quantitative estimate of drug-likeness (QED) is 0.750. The van der Waals surface area contributed by atoms with Crippen molar-refractivity contribution in [3.63, 3.8) is 0 Å². The van der Waals surface area contributed by atoms with E-state index in [1.807, 2.05) is 0 Å². The van der Waals surface area contributed by atoms with Crippen LogP contribution in [0.3, 0.4) is 0 Å². The molecule has 0 radical (unpaired) electrons. The number of pyridine rings is 1. The van der Waals surface area contributed by atoms with Gasteiger partial charge in [-0.1, -0.05) is 6.07 Å².